The van der Waals surface area contributed by atoms with Gasteiger partial charge in [-0.1, -0.05) is 5.16 Å². The number of carbonyl (C=O) groups excluding carboxylic acids is 2. The number of terminal acetylenes is 1. The quantitative estimate of drug-likeness (QED) is 0.256. The molecule has 0 bridgehead atoms. The molecule has 0 saturated carbocycles. The number of nitrogens with zero attached hydrogens (tertiary/aromatic N) is 2. The van der Waals surface area contributed by atoms with Crippen molar-refractivity contribution in [1.29, 1.82) is 0 Å². The molecule has 0 aromatic carbocycles. The number of amides is 3. The molecule has 1 heterocycles. The van der Waals surface area contributed by atoms with Crippen molar-refractivity contribution in [2.45, 2.75) is 26.4 Å². The minimum Gasteiger partial charge on any atom is -0.480 e. The van der Waals surface area contributed by atoms with E-state index < -0.39 is 24.6 Å². The van der Waals surface area contributed by atoms with Gasteiger partial charge in [0.05, 0.1) is 19.2 Å². The second-order valence-electron chi connectivity index (χ2n) is 4.19. The molecular formula is C14H26N6O7. The summed E-state index contributed by atoms with van der Waals surface area (Å²) in [5.74, 6) is -1.27. The normalized spacial score (nSPS) is 9.59. The zero-order valence-electron chi connectivity index (χ0n) is 15.1. The molecule has 0 fully saturated rings. The van der Waals surface area contributed by atoms with E-state index in [1.54, 1.807) is 6.92 Å². The third kappa shape index (κ3) is 20.7. The van der Waals surface area contributed by atoms with E-state index in [4.69, 9.17) is 25.6 Å². The summed E-state index contributed by atoms with van der Waals surface area (Å²) in [6, 6.07) is -1.42. The number of primary amides is 1. The number of carboxylic acids is 1. The number of aliphatic hydroxyl groups excluding tert-OH is 2. The highest BCUT2D eigenvalue weighted by atomic mass is 16.5. The van der Waals surface area contributed by atoms with Crippen LogP contribution in [0.1, 0.15) is 31.6 Å². The number of aromatic nitrogens is 2. The van der Waals surface area contributed by atoms with Crippen LogP contribution in [0.5, 0.6) is 0 Å². The zero-order valence-corrected chi connectivity index (χ0v) is 15.1. The van der Waals surface area contributed by atoms with Crippen LogP contribution in [0.25, 0.3) is 0 Å². The third-order valence-electron chi connectivity index (χ3n) is 1.81. The van der Waals surface area contributed by atoms with Crippen molar-refractivity contribution < 1.29 is 34.2 Å². The minimum absolute atomic E-state index is 0.0728. The second-order valence-corrected chi connectivity index (χ2v) is 4.19. The second kappa shape index (κ2) is 19.1. The minimum atomic E-state index is -1.15. The van der Waals surface area contributed by atoms with Crippen molar-refractivity contribution in [1.82, 2.24) is 20.8 Å². The topological polar surface area (TPSA) is 227 Å². The van der Waals surface area contributed by atoms with E-state index in [1.807, 2.05) is 0 Å². The molecule has 0 aliphatic rings. The third-order valence-corrected chi connectivity index (χ3v) is 1.81. The van der Waals surface area contributed by atoms with Gasteiger partial charge in [-0.2, -0.15) is 4.98 Å². The molecule has 9 N–H and O–H groups in total. The Morgan fingerprint density at radius 2 is 1.74 bits per heavy atom. The molecule has 154 valence electrons. The van der Waals surface area contributed by atoms with Crippen LogP contribution in [0.2, 0.25) is 0 Å². The maximum atomic E-state index is 11.1. The van der Waals surface area contributed by atoms with Crippen LogP contribution in [0.3, 0.4) is 0 Å². The molecule has 3 amide bonds. The number of urea groups is 1. The molecule has 0 aliphatic heterocycles. The Labute approximate surface area is 156 Å². The number of hydrogen-bond donors (Lipinski definition) is 7. The molecule has 0 spiro atoms. The number of rotatable bonds is 6. The summed E-state index contributed by atoms with van der Waals surface area (Å²) < 4.78 is 4.75. The van der Waals surface area contributed by atoms with E-state index in [0.29, 0.717) is 0 Å². The van der Waals surface area contributed by atoms with Gasteiger partial charge < -0.3 is 41.9 Å². The number of nitrogens with one attached hydrogen (secondary N) is 2. The highest BCUT2D eigenvalue weighted by Crippen LogP contribution is 2.04. The fraction of sp³-hybridized carbons (Fsp3) is 0.500. The molecule has 1 aromatic heterocycles. The first kappa shape index (κ1) is 28.6. The van der Waals surface area contributed by atoms with Gasteiger partial charge in [0.2, 0.25) is 11.8 Å². The molecule has 1 atom stereocenters. The first-order valence-corrected chi connectivity index (χ1v) is 7.30. The lowest BCUT2D eigenvalue weighted by atomic mass is 10.3. The standard InChI is InChI=1S/C8H13N5O5.C2H5NO.C2H6O.C2H2/c9-4(3-14)7-12-5(18-13-7)1-10-8(17)11-2-6(15)16;1-2(3)4;1-2-3;1-2/h4,14H,1-3,9H2,(H,15,16)(H2,10,11,17);1H3,(H2,3,4);3H,2H2,1H3;1-2H/t4-;;;/m0.../s1. The van der Waals surface area contributed by atoms with Gasteiger partial charge in [0, 0.05) is 13.5 Å². The van der Waals surface area contributed by atoms with Crippen LogP contribution in [-0.2, 0) is 16.1 Å². The number of hydrogen-bond acceptors (Lipinski definition) is 9. The Hall–Kier alpha value is -3.21. The van der Waals surface area contributed by atoms with Crippen LogP contribution >= 0.6 is 0 Å². The SMILES string of the molecule is C#C.CC(N)=O.CCO.N[C@@H](CO)c1noc(CNC(=O)NCC(=O)O)n1. The van der Waals surface area contributed by atoms with Crippen molar-refractivity contribution in [3.8, 4) is 12.8 Å². The summed E-state index contributed by atoms with van der Waals surface area (Å²) in [5.41, 5.74) is 9.92. The molecule has 0 unspecified atom stereocenters. The van der Waals surface area contributed by atoms with Crippen molar-refractivity contribution in [3.05, 3.63) is 11.7 Å². The summed E-state index contributed by atoms with van der Waals surface area (Å²) >= 11 is 0. The average molecular weight is 390 g/mol. The van der Waals surface area contributed by atoms with Gasteiger partial charge in [-0.15, -0.1) is 12.8 Å². The molecule has 13 heteroatoms. The van der Waals surface area contributed by atoms with E-state index in [-0.39, 0.29) is 37.4 Å². The van der Waals surface area contributed by atoms with Crippen LogP contribution < -0.4 is 22.1 Å². The van der Waals surface area contributed by atoms with Crippen molar-refractivity contribution in [2.24, 2.45) is 11.5 Å². The Morgan fingerprint density at radius 1 is 1.26 bits per heavy atom. The lowest BCUT2D eigenvalue weighted by molar-refractivity contribution is -0.135. The molecule has 1 rings (SSSR count). The molecule has 0 saturated heterocycles. The van der Waals surface area contributed by atoms with Gasteiger partial charge in [0.15, 0.2) is 5.82 Å². The molecule has 0 aliphatic carbocycles. The summed E-state index contributed by atoms with van der Waals surface area (Å²) in [7, 11) is 0. The highest BCUT2D eigenvalue weighted by molar-refractivity contribution is 5.79. The highest BCUT2D eigenvalue weighted by Gasteiger charge is 2.13. The average Bonchev–Trinajstić information content (AvgIpc) is 3.08. The van der Waals surface area contributed by atoms with Crippen molar-refractivity contribution in [2.75, 3.05) is 19.8 Å². The summed E-state index contributed by atoms with van der Waals surface area (Å²) in [4.78, 5) is 34.3. The van der Waals surface area contributed by atoms with Gasteiger partial charge in [-0.3, -0.25) is 9.59 Å². The van der Waals surface area contributed by atoms with Crippen LogP contribution in [0, 0.1) is 12.8 Å². The Balaban J connectivity index is -0.000000541. The number of aliphatic hydroxyl groups is 2. The molecule has 1 aromatic rings. The van der Waals surface area contributed by atoms with Crippen molar-refractivity contribution >= 4 is 17.9 Å². The number of carbonyl (C=O) groups is 3. The van der Waals surface area contributed by atoms with E-state index >= 15 is 0 Å². The Bertz CT molecular complexity index is 557. The number of nitrogens with two attached hydrogens (primary N) is 2. The van der Waals surface area contributed by atoms with Crippen LogP contribution in [-0.4, -0.2) is 63.1 Å². The Kier molecular flexibility index (Phi) is 20.2. The van der Waals surface area contributed by atoms with Crippen LogP contribution in [0.15, 0.2) is 4.52 Å². The maximum absolute atomic E-state index is 11.1. The van der Waals surface area contributed by atoms with Gasteiger partial charge >= 0.3 is 12.0 Å². The first-order valence-electron chi connectivity index (χ1n) is 7.30. The fourth-order valence-corrected chi connectivity index (χ4v) is 0.946. The lowest BCUT2D eigenvalue weighted by Crippen LogP contribution is -2.38. The number of aliphatic carboxylic acids is 1. The molecule has 13 nitrogen and oxygen atoms in total. The predicted octanol–water partition coefficient (Wildman–Crippen LogP) is -2.31. The van der Waals surface area contributed by atoms with Gasteiger partial charge in [-0.05, 0) is 6.92 Å². The molecule has 27 heavy (non-hydrogen) atoms. The smallest absolute Gasteiger partial charge is 0.323 e. The van der Waals surface area contributed by atoms with Gasteiger partial charge in [0.25, 0.3) is 0 Å². The lowest BCUT2D eigenvalue weighted by Gasteiger charge is -2.02. The molecular weight excluding hydrogens is 364 g/mol. The van der Waals surface area contributed by atoms with E-state index in [9.17, 15) is 14.4 Å². The first-order chi connectivity index (χ1) is 12.7. The summed E-state index contributed by atoms with van der Waals surface area (Å²) in [5, 5.41) is 32.5. The Morgan fingerprint density at radius 3 is 2.15 bits per heavy atom. The van der Waals surface area contributed by atoms with Crippen molar-refractivity contribution in [3.63, 3.8) is 0 Å². The zero-order chi connectivity index (χ0) is 21.8. The van der Waals surface area contributed by atoms with Crippen LogP contribution in [0.4, 0.5) is 4.79 Å². The van der Waals surface area contributed by atoms with E-state index in [0.717, 1.165) is 0 Å². The van der Waals surface area contributed by atoms with Gasteiger partial charge in [-0.25, -0.2) is 4.79 Å². The number of carboxylic acid groups (broad SMARTS) is 1. The molecule has 0 radical (unpaired) electrons. The fourth-order valence-electron chi connectivity index (χ4n) is 0.946. The predicted molar refractivity (Wildman–Crippen MR) is 93.7 cm³/mol. The maximum Gasteiger partial charge on any atom is 0.323 e. The van der Waals surface area contributed by atoms with E-state index in [1.165, 1.54) is 6.92 Å². The monoisotopic (exact) mass is 390 g/mol. The van der Waals surface area contributed by atoms with Gasteiger partial charge in [0.1, 0.15) is 6.54 Å². The summed E-state index contributed by atoms with van der Waals surface area (Å²) in [6.07, 6.45) is 8.00. The largest absolute Gasteiger partial charge is 0.480 e. The summed E-state index contributed by atoms with van der Waals surface area (Å²) in [6.45, 7) is 2.35. The van der Waals surface area contributed by atoms with E-state index in [2.05, 4.69) is 39.4 Å².